The molecule has 1 heterocycles. The van der Waals surface area contributed by atoms with Crippen LogP contribution in [-0.2, 0) is 25.4 Å². The molecule has 0 aliphatic heterocycles. The van der Waals surface area contributed by atoms with E-state index in [1.54, 1.807) is 41.1 Å². The van der Waals surface area contributed by atoms with E-state index < -0.39 is 46.0 Å². The minimum Gasteiger partial charge on any atom is -0.166 e. The van der Waals surface area contributed by atoms with E-state index >= 15 is 0 Å². The van der Waals surface area contributed by atoms with Gasteiger partial charge in [0, 0.05) is 28.9 Å². The summed E-state index contributed by atoms with van der Waals surface area (Å²) in [7, 11) is -2.04. The predicted molar refractivity (Wildman–Crippen MR) is 212 cm³/mol. The van der Waals surface area contributed by atoms with E-state index in [4.69, 9.17) is 32.9 Å². The Bertz CT molecular complexity index is 2440. The number of hydrogen-bond donors (Lipinski definition) is 0. The van der Waals surface area contributed by atoms with Crippen LogP contribution in [0.15, 0.2) is 115 Å². The molecule has 55 heavy (non-hydrogen) atoms. The Kier molecular flexibility index (Phi) is 12.2. The smallest absolute Gasteiger partial charge is 0.166 e. The number of nitrogens with zero attached hydrogens (tertiary/aromatic N) is 2. The van der Waals surface area contributed by atoms with Gasteiger partial charge >= 0.3 is 173 Å². The van der Waals surface area contributed by atoms with Crippen molar-refractivity contribution in [1.29, 1.82) is 0 Å². The third-order valence-electron chi connectivity index (χ3n) is 8.40. The Morgan fingerprint density at radius 2 is 1.47 bits per heavy atom. The fraction of sp³-hybridized carbons (Fsp3) is 0.171. The van der Waals surface area contributed by atoms with Gasteiger partial charge in [-0.2, -0.15) is 13.2 Å². The first-order valence-corrected chi connectivity index (χ1v) is 22.9. The monoisotopic (exact) mass is 868 g/mol. The van der Waals surface area contributed by atoms with Crippen molar-refractivity contribution in [3.8, 4) is 39.6 Å². The Hall–Kier alpha value is -4.54. The Morgan fingerprint density at radius 3 is 2.05 bits per heavy atom. The van der Waals surface area contributed by atoms with E-state index in [0.717, 1.165) is 40.3 Å². The van der Waals surface area contributed by atoms with Crippen LogP contribution in [0.5, 0.6) is 11.5 Å². The van der Waals surface area contributed by atoms with Crippen molar-refractivity contribution in [2.24, 2.45) is 5.92 Å². The summed E-state index contributed by atoms with van der Waals surface area (Å²) >= 11 is 11.3. The van der Waals surface area contributed by atoms with E-state index in [-0.39, 0.29) is 23.8 Å². The summed E-state index contributed by atoms with van der Waals surface area (Å²) in [4.78, 5) is 17.3. The standard InChI is InChI=1S/C41H34AsCl2F3N2O5S/c1-25(2)24-55(51,52)42-29-10-16-33(17-11-29)54-32-14-8-28(9-15-32)27-6-4-26(5-7-27)20-39-48-38(34-18-12-30(43)21-37(34)44)23-49(39)31-13-19-36(41(45,46)47)35(22-31)40(50)53-3/h4-19,21-23,25,42H,20,24H2,1-3H3. The molecule has 0 bridgehead atoms. The van der Waals surface area contributed by atoms with Gasteiger partial charge in [0.1, 0.15) is 5.82 Å². The molecule has 6 rings (SSSR count). The first-order chi connectivity index (χ1) is 26.1. The zero-order valence-corrected chi connectivity index (χ0v) is 34.1. The number of carbonyl (C=O) groups is 1. The molecular weight excluding hydrogens is 835 g/mol. The normalized spacial score (nSPS) is 12.1. The summed E-state index contributed by atoms with van der Waals surface area (Å²) in [6.07, 6.45) is -2.83. The second-order valence-corrected chi connectivity index (χ2v) is 22.1. The molecule has 7 nitrogen and oxygen atoms in total. The van der Waals surface area contributed by atoms with E-state index in [0.29, 0.717) is 38.6 Å². The maximum atomic E-state index is 13.8. The Balaban J connectivity index is 1.22. The fourth-order valence-electron chi connectivity index (χ4n) is 5.90. The summed E-state index contributed by atoms with van der Waals surface area (Å²) in [5.41, 5.74) is 2.32. The van der Waals surface area contributed by atoms with Crippen LogP contribution in [0.1, 0.15) is 41.2 Å². The number of aromatic nitrogens is 2. The quantitative estimate of drug-likeness (QED) is 0.0900. The molecule has 1 unspecified atom stereocenters. The van der Waals surface area contributed by atoms with Gasteiger partial charge in [-0.1, -0.05) is 23.2 Å². The minimum absolute atomic E-state index is 0.0946. The van der Waals surface area contributed by atoms with Gasteiger partial charge in [-0.25, -0.2) is 9.78 Å². The zero-order chi connectivity index (χ0) is 39.5. The maximum absolute atomic E-state index is 13.8. The summed E-state index contributed by atoms with van der Waals surface area (Å²) < 4.78 is 79.4. The van der Waals surface area contributed by atoms with Crippen molar-refractivity contribution in [3.05, 3.63) is 148 Å². The number of benzene rings is 5. The molecule has 0 spiro atoms. The molecule has 0 aliphatic carbocycles. The van der Waals surface area contributed by atoms with Crippen molar-refractivity contribution in [2.45, 2.75) is 26.4 Å². The van der Waals surface area contributed by atoms with Crippen LogP contribution in [0.3, 0.4) is 0 Å². The van der Waals surface area contributed by atoms with Crippen molar-refractivity contribution in [3.63, 3.8) is 0 Å². The molecule has 5 aromatic carbocycles. The van der Waals surface area contributed by atoms with Crippen LogP contribution in [0.4, 0.5) is 13.2 Å². The second-order valence-electron chi connectivity index (χ2n) is 13.1. The van der Waals surface area contributed by atoms with E-state index in [1.807, 2.05) is 74.5 Å². The number of alkyl halides is 3. The number of esters is 1. The zero-order valence-electron chi connectivity index (χ0n) is 29.7. The average molecular weight is 870 g/mol. The SMILES string of the molecule is COC(=O)c1cc(-n2cc(-c3ccc(Cl)cc3Cl)nc2Cc2ccc(-c3ccc(Oc4ccc([AsH]S(=O)(=O)CC(C)C)cc4)cc3)cc2)ccc1C(F)(F)F. The Labute approximate surface area is 332 Å². The number of carbonyl (C=O) groups excluding carboxylic acids is 1. The number of methoxy groups -OCH3 is 1. The first-order valence-electron chi connectivity index (χ1n) is 16.9. The van der Waals surface area contributed by atoms with Crippen LogP contribution in [0.2, 0.25) is 10.0 Å². The van der Waals surface area contributed by atoms with Gasteiger partial charge in [0.25, 0.3) is 0 Å². The average Bonchev–Trinajstić information content (AvgIpc) is 3.54. The molecular formula is C41H34AsCl2F3N2O5S. The topological polar surface area (TPSA) is 87.5 Å². The molecule has 0 aliphatic rings. The molecule has 0 radical (unpaired) electrons. The third-order valence-corrected chi connectivity index (χ3v) is 15.8. The molecule has 0 fully saturated rings. The first kappa shape index (κ1) is 40.1. The second kappa shape index (κ2) is 16.7. The van der Waals surface area contributed by atoms with Crippen LogP contribution in [-0.4, -0.2) is 51.4 Å². The van der Waals surface area contributed by atoms with Gasteiger partial charge in [0.15, 0.2) is 0 Å². The number of ether oxygens (including phenoxy) is 2. The fourth-order valence-corrected chi connectivity index (χ4v) is 14.0. The predicted octanol–water partition coefficient (Wildman–Crippen LogP) is 9.75. The van der Waals surface area contributed by atoms with Crippen molar-refractivity contribution in [1.82, 2.24) is 9.55 Å². The molecule has 0 saturated carbocycles. The summed E-state index contributed by atoms with van der Waals surface area (Å²) in [5.74, 6) is 0.884. The van der Waals surface area contributed by atoms with Crippen molar-refractivity contribution in [2.75, 3.05) is 12.9 Å². The van der Waals surface area contributed by atoms with Gasteiger partial charge in [-0.05, 0) is 42.0 Å². The number of hydrogen-bond acceptors (Lipinski definition) is 6. The molecule has 0 N–H and O–H groups in total. The Morgan fingerprint density at radius 1 is 0.855 bits per heavy atom. The molecule has 284 valence electrons. The van der Waals surface area contributed by atoms with Crippen molar-refractivity contribution < 1.29 is 35.9 Å². The summed E-state index contributed by atoms with van der Waals surface area (Å²) in [5, 5.41) is 0.775. The minimum atomic E-state index is -4.77. The molecule has 0 amide bonds. The van der Waals surface area contributed by atoms with E-state index in [1.165, 1.54) is 6.07 Å². The van der Waals surface area contributed by atoms with Crippen LogP contribution in [0.25, 0.3) is 28.1 Å². The van der Waals surface area contributed by atoms with Gasteiger partial charge in [0.05, 0.1) is 29.0 Å². The molecule has 1 aromatic heterocycles. The number of imidazole rings is 1. The van der Waals surface area contributed by atoms with Gasteiger partial charge in [-0.3, -0.25) is 0 Å². The van der Waals surface area contributed by atoms with Crippen LogP contribution in [0, 0.1) is 5.92 Å². The van der Waals surface area contributed by atoms with Crippen LogP contribution < -0.4 is 9.09 Å². The van der Waals surface area contributed by atoms with E-state index in [9.17, 15) is 26.4 Å². The van der Waals surface area contributed by atoms with Crippen molar-refractivity contribution >= 4 is 56.2 Å². The van der Waals surface area contributed by atoms with Gasteiger partial charge < -0.3 is 9.30 Å². The van der Waals surface area contributed by atoms with Gasteiger partial charge in [-0.15, -0.1) is 0 Å². The van der Waals surface area contributed by atoms with Crippen LogP contribution >= 0.6 is 23.2 Å². The van der Waals surface area contributed by atoms with Gasteiger partial charge in [0.2, 0.25) is 0 Å². The summed E-state index contributed by atoms with van der Waals surface area (Å²) in [6.45, 7) is 3.80. The van der Waals surface area contributed by atoms with E-state index in [2.05, 4.69) is 4.74 Å². The third kappa shape index (κ3) is 10.0. The number of halogens is 5. The summed E-state index contributed by atoms with van der Waals surface area (Å²) in [6, 6.07) is 30.8. The molecule has 6 aromatic rings. The molecule has 14 heteroatoms. The molecule has 1 atom stereocenters. The number of rotatable bonds is 12. The molecule has 0 saturated heterocycles.